The average Bonchev–Trinajstić information content (AvgIpc) is 3.50. The van der Waals surface area contributed by atoms with Crippen LogP contribution in [-0.4, -0.2) is 47.5 Å². The lowest BCUT2D eigenvalue weighted by Gasteiger charge is -2.31. The minimum absolute atomic E-state index is 0.0391. The minimum Gasteiger partial charge on any atom is -0.313 e. The smallest absolute Gasteiger partial charge is 0.266 e. The molecule has 8 nitrogen and oxygen atoms in total. The Labute approximate surface area is 169 Å². The predicted octanol–water partition coefficient (Wildman–Crippen LogP) is 2.14. The van der Waals surface area contributed by atoms with E-state index in [1.165, 1.54) is 12.8 Å². The monoisotopic (exact) mass is 391 g/mol. The molecule has 2 aliphatic rings. The van der Waals surface area contributed by atoms with Gasteiger partial charge in [-0.1, -0.05) is 0 Å². The Kier molecular flexibility index (Phi) is 4.93. The Hall–Kier alpha value is -2.87. The van der Waals surface area contributed by atoms with Crippen LogP contribution >= 0.6 is 0 Å². The van der Waals surface area contributed by atoms with Crippen molar-refractivity contribution in [2.45, 2.75) is 44.8 Å². The zero-order valence-electron chi connectivity index (χ0n) is 16.4. The van der Waals surface area contributed by atoms with E-state index in [4.69, 9.17) is 0 Å². The van der Waals surface area contributed by atoms with E-state index in [-0.39, 0.29) is 5.56 Å². The lowest BCUT2D eigenvalue weighted by Crippen LogP contribution is -2.37. The second kappa shape index (κ2) is 7.87. The molecule has 0 amide bonds. The molecule has 8 heteroatoms. The second-order valence-corrected chi connectivity index (χ2v) is 8.08. The molecular formula is C21H25N7O. The number of hydrogen-bond donors (Lipinski definition) is 0. The van der Waals surface area contributed by atoms with Crippen LogP contribution in [-0.2, 0) is 13.1 Å². The number of aromatic nitrogens is 6. The van der Waals surface area contributed by atoms with Gasteiger partial charge in [0.15, 0.2) is 0 Å². The zero-order valence-corrected chi connectivity index (χ0v) is 16.4. The van der Waals surface area contributed by atoms with Gasteiger partial charge in [-0.2, -0.15) is 5.10 Å². The second-order valence-electron chi connectivity index (χ2n) is 8.08. The summed E-state index contributed by atoms with van der Waals surface area (Å²) in [6.07, 6.45) is 9.96. The summed E-state index contributed by atoms with van der Waals surface area (Å²) in [5, 5.41) is 13.0. The van der Waals surface area contributed by atoms with E-state index in [0.717, 1.165) is 49.6 Å². The third-order valence-corrected chi connectivity index (χ3v) is 5.93. The number of piperidine rings is 1. The number of likely N-dealkylation sites (tertiary alicyclic amines) is 1. The highest BCUT2D eigenvalue weighted by molar-refractivity contribution is 5.56. The summed E-state index contributed by atoms with van der Waals surface area (Å²) in [5.41, 5.74) is 1.75. The normalized spacial score (nSPS) is 18.2. The maximum Gasteiger partial charge on any atom is 0.266 e. The van der Waals surface area contributed by atoms with Gasteiger partial charge in [0.2, 0.25) is 0 Å². The van der Waals surface area contributed by atoms with Gasteiger partial charge in [0.1, 0.15) is 12.2 Å². The van der Waals surface area contributed by atoms with Gasteiger partial charge in [0.05, 0.1) is 12.2 Å². The standard InChI is InChI=1S/C21H25N7O/c29-21-4-3-19(17-5-9-22-10-6-17)25-28(21)13-16-7-11-26(12-8-16)14-20-24-23-15-27(20)18-1-2-18/h3-6,9-10,15-16,18H,1-2,7-8,11-14H2. The Morgan fingerprint density at radius 2 is 1.79 bits per heavy atom. The first-order chi connectivity index (χ1) is 14.3. The van der Waals surface area contributed by atoms with Crippen molar-refractivity contribution in [2.75, 3.05) is 13.1 Å². The Bertz CT molecular complexity index is 1020. The Morgan fingerprint density at radius 3 is 2.55 bits per heavy atom. The fraction of sp³-hybridized carbons (Fsp3) is 0.476. The number of pyridine rings is 1. The zero-order chi connectivity index (χ0) is 19.6. The van der Waals surface area contributed by atoms with Gasteiger partial charge >= 0.3 is 0 Å². The van der Waals surface area contributed by atoms with Gasteiger partial charge in [0.25, 0.3) is 5.56 Å². The molecule has 0 N–H and O–H groups in total. The van der Waals surface area contributed by atoms with Crippen LogP contribution in [0.2, 0.25) is 0 Å². The first-order valence-corrected chi connectivity index (χ1v) is 10.4. The van der Waals surface area contributed by atoms with Gasteiger partial charge in [-0.15, -0.1) is 10.2 Å². The fourth-order valence-corrected chi connectivity index (χ4v) is 4.07. The van der Waals surface area contributed by atoms with Crippen LogP contribution in [0.5, 0.6) is 0 Å². The molecule has 0 spiro atoms. The molecular weight excluding hydrogens is 366 g/mol. The van der Waals surface area contributed by atoms with Gasteiger partial charge < -0.3 is 4.57 Å². The molecule has 4 heterocycles. The Balaban J connectivity index is 1.21. The van der Waals surface area contributed by atoms with E-state index in [1.807, 2.05) is 18.5 Å². The van der Waals surface area contributed by atoms with E-state index >= 15 is 0 Å². The number of hydrogen-bond acceptors (Lipinski definition) is 6. The van der Waals surface area contributed by atoms with Crippen LogP contribution < -0.4 is 5.56 Å². The summed E-state index contributed by atoms with van der Waals surface area (Å²) in [7, 11) is 0. The van der Waals surface area contributed by atoms with Crippen LogP contribution in [0.4, 0.5) is 0 Å². The molecule has 1 saturated heterocycles. The van der Waals surface area contributed by atoms with Crippen LogP contribution in [0.15, 0.2) is 47.8 Å². The van der Waals surface area contributed by atoms with Crippen molar-refractivity contribution in [3.8, 4) is 11.3 Å². The van der Waals surface area contributed by atoms with Crippen molar-refractivity contribution in [1.82, 2.24) is 34.4 Å². The molecule has 2 fully saturated rings. The van der Waals surface area contributed by atoms with Crippen molar-refractivity contribution in [2.24, 2.45) is 5.92 Å². The number of nitrogens with zero attached hydrogens (tertiary/aromatic N) is 7. The van der Waals surface area contributed by atoms with Crippen LogP contribution in [0, 0.1) is 5.92 Å². The summed E-state index contributed by atoms with van der Waals surface area (Å²) in [6, 6.07) is 7.84. The van der Waals surface area contributed by atoms with Crippen molar-refractivity contribution >= 4 is 0 Å². The predicted molar refractivity (Wildman–Crippen MR) is 108 cm³/mol. The average molecular weight is 391 g/mol. The molecule has 5 rings (SSSR count). The molecule has 3 aromatic rings. The third-order valence-electron chi connectivity index (χ3n) is 5.93. The van der Waals surface area contributed by atoms with E-state index in [9.17, 15) is 4.79 Å². The van der Waals surface area contributed by atoms with Crippen molar-refractivity contribution < 1.29 is 0 Å². The SMILES string of the molecule is O=c1ccc(-c2ccncc2)nn1CC1CCN(Cc2nncn2C2CC2)CC1. The fourth-order valence-electron chi connectivity index (χ4n) is 4.07. The van der Waals surface area contributed by atoms with Gasteiger partial charge in [-0.3, -0.25) is 14.7 Å². The van der Waals surface area contributed by atoms with Gasteiger partial charge in [0, 0.05) is 36.6 Å². The molecule has 29 heavy (non-hydrogen) atoms. The molecule has 1 aliphatic carbocycles. The third kappa shape index (κ3) is 4.12. The molecule has 0 unspecified atom stereocenters. The van der Waals surface area contributed by atoms with E-state index in [1.54, 1.807) is 29.2 Å². The molecule has 0 bridgehead atoms. The van der Waals surface area contributed by atoms with Crippen LogP contribution in [0.3, 0.4) is 0 Å². The van der Waals surface area contributed by atoms with Crippen LogP contribution in [0.1, 0.15) is 37.5 Å². The molecule has 1 saturated carbocycles. The topological polar surface area (TPSA) is 81.7 Å². The van der Waals surface area contributed by atoms with Gasteiger partial charge in [-0.25, -0.2) is 4.68 Å². The lowest BCUT2D eigenvalue weighted by atomic mass is 9.97. The minimum atomic E-state index is -0.0391. The maximum atomic E-state index is 12.3. The molecule has 1 aliphatic heterocycles. The molecule has 3 aromatic heterocycles. The van der Waals surface area contributed by atoms with E-state index in [0.29, 0.717) is 18.5 Å². The summed E-state index contributed by atoms with van der Waals surface area (Å²) in [4.78, 5) is 18.8. The van der Waals surface area contributed by atoms with Gasteiger partial charge in [-0.05, 0) is 62.9 Å². The quantitative estimate of drug-likeness (QED) is 0.640. The van der Waals surface area contributed by atoms with Crippen molar-refractivity contribution in [3.05, 3.63) is 59.2 Å². The molecule has 0 atom stereocenters. The highest BCUT2D eigenvalue weighted by Gasteiger charge is 2.27. The highest BCUT2D eigenvalue weighted by Crippen LogP contribution is 2.35. The first-order valence-electron chi connectivity index (χ1n) is 10.4. The van der Waals surface area contributed by atoms with Crippen molar-refractivity contribution in [3.63, 3.8) is 0 Å². The lowest BCUT2D eigenvalue weighted by molar-refractivity contribution is 0.158. The largest absolute Gasteiger partial charge is 0.313 e. The molecule has 0 aromatic carbocycles. The molecule has 150 valence electrons. The Morgan fingerprint density at radius 1 is 1.00 bits per heavy atom. The summed E-state index contributed by atoms with van der Waals surface area (Å²) >= 11 is 0. The summed E-state index contributed by atoms with van der Waals surface area (Å²) in [5.74, 6) is 1.54. The van der Waals surface area contributed by atoms with E-state index < -0.39 is 0 Å². The summed E-state index contributed by atoms with van der Waals surface area (Å²) in [6.45, 7) is 3.56. The van der Waals surface area contributed by atoms with E-state index in [2.05, 4.69) is 29.7 Å². The first kappa shape index (κ1) is 18.2. The van der Waals surface area contributed by atoms with Crippen molar-refractivity contribution in [1.29, 1.82) is 0 Å². The summed E-state index contributed by atoms with van der Waals surface area (Å²) < 4.78 is 3.86. The highest BCUT2D eigenvalue weighted by atomic mass is 16.1. The van der Waals surface area contributed by atoms with Crippen LogP contribution in [0.25, 0.3) is 11.3 Å². The number of rotatable bonds is 6. The maximum absolute atomic E-state index is 12.3. The molecule has 0 radical (unpaired) electrons.